The van der Waals surface area contributed by atoms with Crippen molar-refractivity contribution in [3.8, 4) is 16.9 Å². The molecule has 0 atom stereocenters. The predicted octanol–water partition coefficient (Wildman–Crippen LogP) is 2.27. The summed E-state index contributed by atoms with van der Waals surface area (Å²) in [6.07, 6.45) is 0. The normalized spacial score (nSPS) is 11.2. The fourth-order valence-electron chi connectivity index (χ4n) is 1.87. The predicted molar refractivity (Wildman–Crippen MR) is 82.9 cm³/mol. The van der Waals surface area contributed by atoms with Gasteiger partial charge in [0.05, 0.1) is 6.54 Å². The molecule has 0 fully saturated rings. The standard InChI is InChI=1S/C16H19N3O/c1-18-16(17)19-11-12-20-15-10-6-5-9-14(15)13-7-3-2-4-8-13/h2-10H,11-12H2,1H3,(H3,17,18,19). The third kappa shape index (κ3) is 3.75. The molecule has 104 valence electrons. The second-order valence-electron chi connectivity index (χ2n) is 4.25. The van der Waals surface area contributed by atoms with E-state index >= 15 is 0 Å². The van der Waals surface area contributed by atoms with E-state index in [-0.39, 0.29) is 0 Å². The maximum Gasteiger partial charge on any atom is 0.188 e. The molecule has 0 aromatic heterocycles. The number of guanidine groups is 1. The van der Waals surface area contributed by atoms with Gasteiger partial charge in [-0.15, -0.1) is 0 Å². The van der Waals surface area contributed by atoms with Gasteiger partial charge in [0.1, 0.15) is 12.4 Å². The van der Waals surface area contributed by atoms with Crippen LogP contribution in [-0.4, -0.2) is 26.2 Å². The van der Waals surface area contributed by atoms with Gasteiger partial charge in [-0.3, -0.25) is 4.99 Å². The van der Waals surface area contributed by atoms with E-state index in [9.17, 15) is 0 Å². The Morgan fingerprint density at radius 2 is 1.80 bits per heavy atom. The second-order valence-corrected chi connectivity index (χ2v) is 4.25. The molecule has 4 heteroatoms. The first-order chi connectivity index (χ1) is 9.81. The molecule has 0 aliphatic carbocycles. The minimum Gasteiger partial charge on any atom is -0.491 e. The number of hydrogen-bond acceptors (Lipinski definition) is 2. The van der Waals surface area contributed by atoms with Crippen LogP contribution in [0.3, 0.4) is 0 Å². The molecule has 0 saturated carbocycles. The molecule has 0 saturated heterocycles. The maximum absolute atomic E-state index is 5.81. The molecular formula is C16H19N3O. The first-order valence-electron chi connectivity index (χ1n) is 6.54. The van der Waals surface area contributed by atoms with Crippen LogP contribution >= 0.6 is 0 Å². The van der Waals surface area contributed by atoms with E-state index in [0.29, 0.717) is 19.1 Å². The van der Waals surface area contributed by atoms with Crippen LogP contribution in [-0.2, 0) is 0 Å². The van der Waals surface area contributed by atoms with Crippen LogP contribution in [0.15, 0.2) is 59.6 Å². The third-order valence-corrected chi connectivity index (χ3v) is 2.88. The molecule has 2 rings (SSSR count). The first-order valence-corrected chi connectivity index (χ1v) is 6.54. The summed E-state index contributed by atoms with van der Waals surface area (Å²) in [5.74, 6) is 1.29. The number of nitrogens with zero attached hydrogens (tertiary/aromatic N) is 1. The van der Waals surface area contributed by atoms with Crippen LogP contribution in [0.25, 0.3) is 11.1 Å². The number of aliphatic imine (C=N–C) groups is 1. The lowest BCUT2D eigenvalue weighted by atomic mass is 10.1. The fourth-order valence-corrected chi connectivity index (χ4v) is 1.87. The van der Waals surface area contributed by atoms with Gasteiger partial charge in [0.2, 0.25) is 0 Å². The summed E-state index contributed by atoms with van der Waals surface area (Å²) in [6.45, 7) is 1.15. The Morgan fingerprint density at radius 3 is 2.55 bits per heavy atom. The van der Waals surface area contributed by atoms with Crippen molar-refractivity contribution in [2.75, 3.05) is 20.2 Å². The summed E-state index contributed by atoms with van der Waals surface area (Å²) in [6, 6.07) is 18.2. The van der Waals surface area contributed by atoms with Gasteiger partial charge < -0.3 is 15.8 Å². The molecule has 3 N–H and O–H groups in total. The molecular weight excluding hydrogens is 250 g/mol. The van der Waals surface area contributed by atoms with Gasteiger partial charge >= 0.3 is 0 Å². The van der Waals surface area contributed by atoms with Crippen molar-refractivity contribution in [1.82, 2.24) is 5.32 Å². The molecule has 2 aromatic rings. The summed E-state index contributed by atoms with van der Waals surface area (Å²) in [7, 11) is 1.65. The van der Waals surface area contributed by atoms with Crippen LogP contribution < -0.4 is 15.8 Å². The molecule has 4 nitrogen and oxygen atoms in total. The van der Waals surface area contributed by atoms with E-state index in [1.54, 1.807) is 7.05 Å². The van der Waals surface area contributed by atoms with Crippen molar-refractivity contribution in [1.29, 1.82) is 0 Å². The molecule has 0 aliphatic heterocycles. The fraction of sp³-hybridized carbons (Fsp3) is 0.188. The average molecular weight is 269 g/mol. The highest BCUT2D eigenvalue weighted by Gasteiger charge is 2.04. The summed E-state index contributed by atoms with van der Waals surface area (Å²) < 4.78 is 5.81. The lowest BCUT2D eigenvalue weighted by Gasteiger charge is -2.12. The topological polar surface area (TPSA) is 59.6 Å². The minimum atomic E-state index is 0.421. The van der Waals surface area contributed by atoms with Crippen molar-refractivity contribution >= 4 is 5.96 Å². The summed E-state index contributed by atoms with van der Waals surface area (Å²) in [5.41, 5.74) is 7.79. The lowest BCUT2D eigenvalue weighted by molar-refractivity contribution is 0.323. The monoisotopic (exact) mass is 269 g/mol. The first kappa shape index (κ1) is 13.9. The van der Waals surface area contributed by atoms with Crippen LogP contribution in [0.4, 0.5) is 0 Å². The SMILES string of the molecule is CN=C(N)NCCOc1ccccc1-c1ccccc1. The number of nitrogens with one attached hydrogen (secondary N) is 1. The van der Waals surface area contributed by atoms with Crippen LogP contribution in [0.2, 0.25) is 0 Å². The second kappa shape index (κ2) is 7.19. The third-order valence-electron chi connectivity index (χ3n) is 2.88. The van der Waals surface area contributed by atoms with Crippen LogP contribution in [0.1, 0.15) is 0 Å². The van der Waals surface area contributed by atoms with Gasteiger partial charge in [-0.05, 0) is 11.6 Å². The maximum atomic E-state index is 5.81. The van der Waals surface area contributed by atoms with Gasteiger partial charge in [0.25, 0.3) is 0 Å². The molecule has 0 aliphatic rings. The molecule has 0 amide bonds. The Hall–Kier alpha value is -2.49. The molecule has 0 spiro atoms. The Labute approximate surface area is 119 Å². The number of nitrogens with two attached hydrogens (primary N) is 1. The quantitative estimate of drug-likeness (QED) is 0.497. The molecule has 0 unspecified atom stereocenters. The molecule has 0 heterocycles. The van der Waals surface area contributed by atoms with Gasteiger partial charge in [0, 0.05) is 12.6 Å². The Morgan fingerprint density at radius 1 is 1.10 bits per heavy atom. The number of rotatable bonds is 5. The zero-order valence-corrected chi connectivity index (χ0v) is 11.5. The number of para-hydroxylation sites is 1. The Bertz CT molecular complexity index is 567. The van der Waals surface area contributed by atoms with E-state index < -0.39 is 0 Å². The van der Waals surface area contributed by atoms with Gasteiger partial charge in [0.15, 0.2) is 5.96 Å². The van der Waals surface area contributed by atoms with Crippen LogP contribution in [0.5, 0.6) is 5.75 Å². The number of hydrogen-bond donors (Lipinski definition) is 2. The zero-order chi connectivity index (χ0) is 14.2. The molecule has 0 radical (unpaired) electrons. The minimum absolute atomic E-state index is 0.421. The summed E-state index contributed by atoms with van der Waals surface area (Å²) >= 11 is 0. The largest absolute Gasteiger partial charge is 0.491 e. The summed E-state index contributed by atoms with van der Waals surface area (Å²) in [4.78, 5) is 3.83. The zero-order valence-electron chi connectivity index (χ0n) is 11.5. The van der Waals surface area contributed by atoms with E-state index in [2.05, 4.69) is 28.5 Å². The van der Waals surface area contributed by atoms with E-state index in [1.165, 1.54) is 0 Å². The van der Waals surface area contributed by atoms with Gasteiger partial charge in [-0.1, -0.05) is 48.5 Å². The molecule has 2 aromatic carbocycles. The lowest BCUT2D eigenvalue weighted by Crippen LogP contribution is -2.34. The van der Waals surface area contributed by atoms with Crippen molar-refractivity contribution in [3.05, 3.63) is 54.6 Å². The number of benzene rings is 2. The highest BCUT2D eigenvalue weighted by Crippen LogP contribution is 2.29. The van der Waals surface area contributed by atoms with Gasteiger partial charge in [-0.25, -0.2) is 0 Å². The van der Waals surface area contributed by atoms with Crippen molar-refractivity contribution in [3.63, 3.8) is 0 Å². The highest BCUT2D eigenvalue weighted by atomic mass is 16.5. The number of ether oxygens (including phenoxy) is 1. The van der Waals surface area contributed by atoms with E-state index in [0.717, 1.165) is 16.9 Å². The van der Waals surface area contributed by atoms with E-state index in [1.807, 2.05) is 36.4 Å². The van der Waals surface area contributed by atoms with Gasteiger partial charge in [-0.2, -0.15) is 0 Å². The average Bonchev–Trinajstić information content (AvgIpc) is 2.52. The van der Waals surface area contributed by atoms with Crippen LogP contribution in [0, 0.1) is 0 Å². The van der Waals surface area contributed by atoms with Crippen molar-refractivity contribution in [2.45, 2.75) is 0 Å². The van der Waals surface area contributed by atoms with Crippen molar-refractivity contribution in [2.24, 2.45) is 10.7 Å². The van der Waals surface area contributed by atoms with Crippen molar-refractivity contribution < 1.29 is 4.74 Å². The smallest absolute Gasteiger partial charge is 0.188 e. The molecule has 0 bridgehead atoms. The highest BCUT2D eigenvalue weighted by molar-refractivity contribution is 5.77. The summed E-state index contributed by atoms with van der Waals surface area (Å²) in [5, 5.41) is 2.96. The molecule has 20 heavy (non-hydrogen) atoms. The Balaban J connectivity index is 2.02. The van der Waals surface area contributed by atoms with E-state index in [4.69, 9.17) is 10.5 Å². The Kier molecular flexibility index (Phi) is 5.00.